The van der Waals surface area contributed by atoms with Crippen molar-refractivity contribution in [3.05, 3.63) is 35.3 Å². The lowest BCUT2D eigenvalue weighted by Gasteiger charge is -2.15. The number of anilines is 1. The van der Waals surface area contributed by atoms with Crippen LogP contribution in [0.3, 0.4) is 0 Å². The highest BCUT2D eigenvalue weighted by molar-refractivity contribution is 5.90. The molecule has 0 aliphatic carbocycles. The number of methoxy groups -OCH3 is 1. The molecule has 124 valence electrons. The Kier molecular flexibility index (Phi) is 5.20. The van der Waals surface area contributed by atoms with E-state index in [4.69, 9.17) is 4.74 Å². The third-order valence-electron chi connectivity index (χ3n) is 3.76. The van der Waals surface area contributed by atoms with Gasteiger partial charge in [-0.05, 0) is 44.9 Å². The molecule has 0 aromatic carbocycles. The van der Waals surface area contributed by atoms with E-state index in [1.165, 1.54) is 12.7 Å². The summed E-state index contributed by atoms with van der Waals surface area (Å²) < 4.78 is 6.98. The Morgan fingerprint density at radius 2 is 2.17 bits per heavy atom. The predicted molar refractivity (Wildman–Crippen MR) is 88.8 cm³/mol. The van der Waals surface area contributed by atoms with Crippen LogP contribution in [0.5, 0.6) is 5.88 Å². The van der Waals surface area contributed by atoms with E-state index in [0.29, 0.717) is 11.6 Å². The molecule has 1 atom stereocenters. The van der Waals surface area contributed by atoms with E-state index < -0.39 is 0 Å². The summed E-state index contributed by atoms with van der Waals surface area (Å²) in [6.07, 6.45) is 2.33. The van der Waals surface area contributed by atoms with Crippen molar-refractivity contribution in [1.82, 2.24) is 20.1 Å². The van der Waals surface area contributed by atoms with Crippen LogP contribution in [0.1, 0.15) is 23.9 Å². The summed E-state index contributed by atoms with van der Waals surface area (Å²) in [4.78, 5) is 16.2. The van der Waals surface area contributed by atoms with Crippen LogP contribution in [0.4, 0.5) is 10.5 Å². The summed E-state index contributed by atoms with van der Waals surface area (Å²) in [5, 5.41) is 10.1. The van der Waals surface area contributed by atoms with Crippen LogP contribution in [0.15, 0.2) is 18.3 Å². The molecule has 0 radical (unpaired) electrons. The van der Waals surface area contributed by atoms with Gasteiger partial charge in [-0.3, -0.25) is 4.68 Å². The van der Waals surface area contributed by atoms with E-state index in [1.807, 2.05) is 32.5 Å². The SMILES string of the molecule is COc1ncccc1NC(=O)N[C@H](C)Cc1c(C)nn(C)c1C. The second-order valence-corrected chi connectivity index (χ2v) is 5.54. The second kappa shape index (κ2) is 7.13. The van der Waals surface area contributed by atoms with Crippen molar-refractivity contribution in [2.75, 3.05) is 12.4 Å². The standard InChI is InChI=1S/C16H23N5O2/c1-10(9-13-11(2)20-21(4)12(13)3)18-16(22)19-14-7-6-8-17-15(14)23-5/h6-8,10H,9H2,1-5H3,(H2,18,19,22)/t10-/m1/s1. The number of urea groups is 1. The maximum Gasteiger partial charge on any atom is 0.319 e. The number of carbonyl (C=O) groups is 1. The van der Waals surface area contributed by atoms with Crippen LogP contribution >= 0.6 is 0 Å². The third kappa shape index (κ3) is 4.00. The number of carbonyl (C=O) groups excluding carboxylic acids is 1. The number of hydrogen-bond donors (Lipinski definition) is 2. The van der Waals surface area contributed by atoms with Crippen LogP contribution in [0, 0.1) is 13.8 Å². The first-order valence-electron chi connectivity index (χ1n) is 7.48. The molecule has 0 aliphatic heterocycles. The van der Waals surface area contributed by atoms with Crippen molar-refractivity contribution in [1.29, 1.82) is 0 Å². The van der Waals surface area contributed by atoms with Gasteiger partial charge in [-0.25, -0.2) is 9.78 Å². The van der Waals surface area contributed by atoms with E-state index in [2.05, 4.69) is 20.7 Å². The maximum absolute atomic E-state index is 12.1. The summed E-state index contributed by atoms with van der Waals surface area (Å²) in [5.41, 5.74) is 3.81. The van der Waals surface area contributed by atoms with Crippen molar-refractivity contribution < 1.29 is 9.53 Å². The van der Waals surface area contributed by atoms with Crippen LogP contribution in [-0.4, -0.2) is 33.9 Å². The fourth-order valence-electron chi connectivity index (χ4n) is 2.50. The minimum Gasteiger partial charge on any atom is -0.480 e. The number of rotatable bonds is 5. The molecule has 0 unspecified atom stereocenters. The average Bonchev–Trinajstić information content (AvgIpc) is 2.74. The molecule has 0 saturated carbocycles. The van der Waals surface area contributed by atoms with Gasteiger partial charge in [0.05, 0.1) is 12.8 Å². The quantitative estimate of drug-likeness (QED) is 0.886. The molecule has 2 heterocycles. The number of amides is 2. The molecular weight excluding hydrogens is 294 g/mol. The van der Waals surface area contributed by atoms with Gasteiger partial charge in [-0.15, -0.1) is 0 Å². The smallest absolute Gasteiger partial charge is 0.319 e. The van der Waals surface area contributed by atoms with E-state index in [0.717, 1.165) is 17.8 Å². The number of aryl methyl sites for hydroxylation is 2. The van der Waals surface area contributed by atoms with Gasteiger partial charge in [-0.2, -0.15) is 5.10 Å². The first kappa shape index (κ1) is 16.8. The minimum atomic E-state index is -0.289. The normalized spacial score (nSPS) is 11.9. The molecule has 0 aliphatic rings. The van der Waals surface area contributed by atoms with Crippen LogP contribution in [-0.2, 0) is 13.5 Å². The molecule has 23 heavy (non-hydrogen) atoms. The number of aromatic nitrogens is 3. The van der Waals surface area contributed by atoms with E-state index in [9.17, 15) is 4.79 Å². The van der Waals surface area contributed by atoms with Gasteiger partial charge in [0, 0.05) is 25.0 Å². The molecule has 2 aromatic heterocycles. The van der Waals surface area contributed by atoms with E-state index >= 15 is 0 Å². The van der Waals surface area contributed by atoms with Gasteiger partial charge in [0.25, 0.3) is 0 Å². The number of ether oxygens (including phenoxy) is 1. The molecule has 2 rings (SSSR count). The molecule has 0 saturated heterocycles. The molecule has 2 amide bonds. The molecular formula is C16H23N5O2. The summed E-state index contributed by atoms with van der Waals surface area (Å²) in [7, 11) is 3.44. The fourth-order valence-corrected chi connectivity index (χ4v) is 2.50. The Morgan fingerprint density at radius 1 is 1.43 bits per heavy atom. The summed E-state index contributed by atoms with van der Waals surface area (Å²) in [6.45, 7) is 5.98. The summed E-state index contributed by atoms with van der Waals surface area (Å²) in [6, 6.07) is 3.16. The van der Waals surface area contributed by atoms with Gasteiger partial charge in [0.15, 0.2) is 0 Å². The van der Waals surface area contributed by atoms with Gasteiger partial charge >= 0.3 is 6.03 Å². The minimum absolute atomic E-state index is 0.0285. The lowest BCUT2D eigenvalue weighted by molar-refractivity contribution is 0.249. The highest BCUT2D eigenvalue weighted by atomic mass is 16.5. The molecule has 0 fully saturated rings. The third-order valence-corrected chi connectivity index (χ3v) is 3.76. The maximum atomic E-state index is 12.1. The Bertz CT molecular complexity index is 696. The second-order valence-electron chi connectivity index (χ2n) is 5.54. The Morgan fingerprint density at radius 3 is 2.78 bits per heavy atom. The lowest BCUT2D eigenvalue weighted by atomic mass is 10.1. The van der Waals surface area contributed by atoms with Gasteiger partial charge in [0.1, 0.15) is 5.69 Å². The van der Waals surface area contributed by atoms with Crippen LogP contribution in [0.2, 0.25) is 0 Å². The Labute approximate surface area is 136 Å². The molecule has 7 nitrogen and oxygen atoms in total. The zero-order chi connectivity index (χ0) is 17.0. The lowest BCUT2D eigenvalue weighted by Crippen LogP contribution is -2.37. The first-order valence-corrected chi connectivity index (χ1v) is 7.48. The molecule has 7 heteroatoms. The van der Waals surface area contributed by atoms with Gasteiger partial charge < -0.3 is 15.4 Å². The van der Waals surface area contributed by atoms with Crippen molar-refractivity contribution in [3.63, 3.8) is 0 Å². The zero-order valence-electron chi connectivity index (χ0n) is 14.2. The van der Waals surface area contributed by atoms with Crippen molar-refractivity contribution in [2.24, 2.45) is 7.05 Å². The fraction of sp³-hybridized carbons (Fsp3) is 0.438. The number of nitrogens with one attached hydrogen (secondary N) is 2. The zero-order valence-corrected chi connectivity index (χ0v) is 14.2. The number of pyridine rings is 1. The van der Waals surface area contributed by atoms with Crippen molar-refractivity contribution in [3.8, 4) is 5.88 Å². The predicted octanol–water partition coefficient (Wildman–Crippen LogP) is 2.19. The highest BCUT2D eigenvalue weighted by Crippen LogP contribution is 2.19. The summed E-state index contributed by atoms with van der Waals surface area (Å²) in [5.74, 6) is 0.384. The van der Waals surface area contributed by atoms with Gasteiger partial charge in [0.2, 0.25) is 5.88 Å². The number of nitrogens with zero attached hydrogens (tertiary/aromatic N) is 3. The highest BCUT2D eigenvalue weighted by Gasteiger charge is 2.15. The average molecular weight is 317 g/mol. The van der Waals surface area contributed by atoms with Crippen molar-refractivity contribution in [2.45, 2.75) is 33.2 Å². The Balaban J connectivity index is 1.97. The summed E-state index contributed by atoms with van der Waals surface area (Å²) >= 11 is 0. The molecule has 0 spiro atoms. The van der Waals surface area contributed by atoms with E-state index in [-0.39, 0.29) is 12.1 Å². The van der Waals surface area contributed by atoms with Crippen molar-refractivity contribution >= 4 is 11.7 Å². The molecule has 2 N–H and O–H groups in total. The Hall–Kier alpha value is -2.57. The van der Waals surface area contributed by atoms with Crippen LogP contribution < -0.4 is 15.4 Å². The monoisotopic (exact) mass is 317 g/mol. The van der Waals surface area contributed by atoms with Gasteiger partial charge in [-0.1, -0.05) is 0 Å². The van der Waals surface area contributed by atoms with Crippen LogP contribution in [0.25, 0.3) is 0 Å². The van der Waals surface area contributed by atoms with E-state index in [1.54, 1.807) is 18.3 Å². The number of hydrogen-bond acceptors (Lipinski definition) is 4. The largest absolute Gasteiger partial charge is 0.480 e. The first-order chi connectivity index (χ1) is 10.9. The molecule has 0 bridgehead atoms. The molecule has 2 aromatic rings. The topological polar surface area (TPSA) is 81.1 Å².